The van der Waals surface area contributed by atoms with Gasteiger partial charge in [0.2, 0.25) is 0 Å². The average molecular weight is 210 g/mol. The predicted molar refractivity (Wildman–Crippen MR) is 52.4 cm³/mol. The molecule has 0 aromatic carbocycles. The molecule has 0 saturated carbocycles. The zero-order valence-corrected chi connectivity index (χ0v) is 8.40. The molecule has 0 bridgehead atoms. The van der Waals surface area contributed by atoms with E-state index in [1.54, 1.807) is 6.26 Å². The second-order valence-corrected chi connectivity index (χ2v) is 3.71. The van der Waals surface area contributed by atoms with E-state index in [2.05, 4.69) is 10.3 Å². The summed E-state index contributed by atoms with van der Waals surface area (Å²) in [6.45, 7) is 1.02. The lowest BCUT2D eigenvalue weighted by atomic mass is 10.2. The molecular formula is C10H14N2O3. The van der Waals surface area contributed by atoms with Crippen molar-refractivity contribution in [2.45, 2.75) is 31.7 Å². The first-order valence-electron chi connectivity index (χ1n) is 5.15. The summed E-state index contributed by atoms with van der Waals surface area (Å²) in [6, 6.07) is 0.285. The van der Waals surface area contributed by atoms with Gasteiger partial charge in [0.15, 0.2) is 5.89 Å². The van der Waals surface area contributed by atoms with Crippen LogP contribution in [0.25, 0.3) is 0 Å². The molecule has 1 saturated heterocycles. The molecule has 1 aromatic heterocycles. The SMILES string of the molecule is O=C(O)CCc1nc(C2CCCN2)co1. The number of carbonyl (C=O) groups is 1. The van der Waals surface area contributed by atoms with E-state index in [1.807, 2.05) is 0 Å². The summed E-state index contributed by atoms with van der Waals surface area (Å²) in [5, 5.41) is 11.8. The number of nitrogens with one attached hydrogen (secondary N) is 1. The quantitative estimate of drug-likeness (QED) is 0.778. The first kappa shape index (κ1) is 10.2. The maximum Gasteiger partial charge on any atom is 0.303 e. The van der Waals surface area contributed by atoms with Gasteiger partial charge in [-0.25, -0.2) is 4.98 Å². The number of aryl methyl sites for hydroxylation is 1. The first-order valence-corrected chi connectivity index (χ1v) is 5.15. The Balaban J connectivity index is 1.94. The number of hydrogen-bond donors (Lipinski definition) is 2. The Morgan fingerprint density at radius 2 is 2.60 bits per heavy atom. The van der Waals surface area contributed by atoms with Crippen molar-refractivity contribution >= 4 is 5.97 Å². The molecule has 2 N–H and O–H groups in total. The third kappa shape index (κ3) is 2.56. The number of aliphatic carboxylic acids is 1. The summed E-state index contributed by atoms with van der Waals surface area (Å²) >= 11 is 0. The lowest BCUT2D eigenvalue weighted by Crippen LogP contribution is -2.13. The Kier molecular flexibility index (Phi) is 3.01. The van der Waals surface area contributed by atoms with Gasteiger partial charge in [0.05, 0.1) is 18.2 Å². The van der Waals surface area contributed by atoms with E-state index in [0.29, 0.717) is 12.3 Å². The minimum Gasteiger partial charge on any atom is -0.481 e. The van der Waals surface area contributed by atoms with Crippen molar-refractivity contribution in [1.82, 2.24) is 10.3 Å². The summed E-state index contributed by atoms with van der Waals surface area (Å²) in [6.07, 6.45) is 4.28. The Labute approximate surface area is 87.5 Å². The molecule has 1 fully saturated rings. The largest absolute Gasteiger partial charge is 0.481 e. The molecule has 1 aromatic rings. The monoisotopic (exact) mass is 210 g/mol. The third-order valence-electron chi connectivity index (χ3n) is 2.54. The van der Waals surface area contributed by atoms with Gasteiger partial charge in [0.1, 0.15) is 6.26 Å². The number of rotatable bonds is 4. The number of carboxylic acid groups (broad SMARTS) is 1. The molecule has 0 spiro atoms. The molecule has 2 rings (SSSR count). The van der Waals surface area contributed by atoms with Gasteiger partial charge in [-0.1, -0.05) is 0 Å². The molecule has 1 atom stereocenters. The molecular weight excluding hydrogens is 196 g/mol. The summed E-state index contributed by atoms with van der Waals surface area (Å²) in [5.41, 5.74) is 0.896. The van der Waals surface area contributed by atoms with Gasteiger partial charge in [0, 0.05) is 6.42 Å². The molecule has 1 unspecified atom stereocenters. The van der Waals surface area contributed by atoms with Crippen LogP contribution in [0.5, 0.6) is 0 Å². The highest BCUT2D eigenvalue weighted by atomic mass is 16.4. The lowest BCUT2D eigenvalue weighted by Gasteiger charge is -2.03. The average Bonchev–Trinajstić information content (AvgIpc) is 2.85. The maximum atomic E-state index is 10.4. The molecule has 1 aliphatic rings. The van der Waals surface area contributed by atoms with Crippen LogP contribution in [0.15, 0.2) is 10.7 Å². The zero-order valence-electron chi connectivity index (χ0n) is 8.40. The van der Waals surface area contributed by atoms with Crippen LogP contribution in [-0.4, -0.2) is 22.6 Å². The molecule has 1 aliphatic heterocycles. The van der Waals surface area contributed by atoms with Gasteiger partial charge in [-0.2, -0.15) is 0 Å². The number of nitrogens with zero attached hydrogens (tertiary/aromatic N) is 1. The van der Waals surface area contributed by atoms with Crippen molar-refractivity contribution in [3.63, 3.8) is 0 Å². The van der Waals surface area contributed by atoms with Crippen molar-refractivity contribution in [1.29, 1.82) is 0 Å². The fourth-order valence-corrected chi connectivity index (χ4v) is 1.75. The van der Waals surface area contributed by atoms with Gasteiger partial charge in [-0.05, 0) is 19.4 Å². The number of hydrogen-bond acceptors (Lipinski definition) is 4. The van der Waals surface area contributed by atoms with Crippen LogP contribution >= 0.6 is 0 Å². The standard InChI is InChI=1S/C10H14N2O3/c13-10(14)4-3-9-12-8(6-15-9)7-2-1-5-11-7/h6-7,11H,1-5H2,(H,13,14). The normalized spacial score (nSPS) is 20.7. The molecule has 5 heteroatoms. The van der Waals surface area contributed by atoms with E-state index in [9.17, 15) is 4.79 Å². The highest BCUT2D eigenvalue weighted by Crippen LogP contribution is 2.22. The topological polar surface area (TPSA) is 75.4 Å². The van der Waals surface area contributed by atoms with E-state index in [0.717, 1.165) is 25.1 Å². The van der Waals surface area contributed by atoms with Gasteiger partial charge < -0.3 is 14.8 Å². The van der Waals surface area contributed by atoms with Gasteiger partial charge in [0.25, 0.3) is 0 Å². The highest BCUT2D eigenvalue weighted by molar-refractivity contribution is 5.66. The molecule has 2 heterocycles. The Hall–Kier alpha value is -1.36. The van der Waals surface area contributed by atoms with Gasteiger partial charge in [-0.15, -0.1) is 0 Å². The fourth-order valence-electron chi connectivity index (χ4n) is 1.75. The van der Waals surface area contributed by atoms with Gasteiger partial charge in [-0.3, -0.25) is 4.79 Å². The Morgan fingerprint density at radius 3 is 3.27 bits per heavy atom. The van der Waals surface area contributed by atoms with E-state index < -0.39 is 5.97 Å². The Bertz CT molecular complexity index is 342. The molecule has 0 radical (unpaired) electrons. The fraction of sp³-hybridized carbons (Fsp3) is 0.600. The third-order valence-corrected chi connectivity index (χ3v) is 2.54. The molecule has 0 aliphatic carbocycles. The number of carboxylic acids is 1. The van der Waals surface area contributed by atoms with Crippen molar-refractivity contribution in [3.05, 3.63) is 17.8 Å². The van der Waals surface area contributed by atoms with Crippen molar-refractivity contribution < 1.29 is 14.3 Å². The molecule has 82 valence electrons. The van der Waals surface area contributed by atoms with Crippen LogP contribution < -0.4 is 5.32 Å². The van der Waals surface area contributed by atoms with E-state index >= 15 is 0 Å². The first-order chi connectivity index (χ1) is 7.25. The van der Waals surface area contributed by atoms with E-state index in [-0.39, 0.29) is 12.5 Å². The van der Waals surface area contributed by atoms with Crippen LogP contribution in [0.4, 0.5) is 0 Å². The van der Waals surface area contributed by atoms with Crippen LogP contribution in [0.1, 0.15) is 36.9 Å². The van der Waals surface area contributed by atoms with Crippen LogP contribution in [0, 0.1) is 0 Å². The van der Waals surface area contributed by atoms with Crippen LogP contribution in [0.2, 0.25) is 0 Å². The molecule has 0 amide bonds. The smallest absolute Gasteiger partial charge is 0.303 e. The minimum atomic E-state index is -0.825. The maximum absolute atomic E-state index is 10.4. The predicted octanol–water partition coefficient (Wildman–Crippen LogP) is 1.12. The summed E-state index contributed by atoms with van der Waals surface area (Å²) < 4.78 is 5.21. The minimum absolute atomic E-state index is 0.0675. The van der Waals surface area contributed by atoms with Crippen molar-refractivity contribution in [2.24, 2.45) is 0 Å². The summed E-state index contributed by atoms with van der Waals surface area (Å²) in [7, 11) is 0. The highest BCUT2D eigenvalue weighted by Gasteiger charge is 2.19. The van der Waals surface area contributed by atoms with Crippen LogP contribution in [-0.2, 0) is 11.2 Å². The second kappa shape index (κ2) is 4.44. The lowest BCUT2D eigenvalue weighted by molar-refractivity contribution is -0.137. The van der Waals surface area contributed by atoms with E-state index in [1.165, 1.54) is 0 Å². The molecule has 5 nitrogen and oxygen atoms in total. The summed E-state index contributed by atoms with van der Waals surface area (Å²) in [5.74, 6) is -0.310. The van der Waals surface area contributed by atoms with Crippen molar-refractivity contribution in [2.75, 3.05) is 6.54 Å². The summed E-state index contributed by atoms with van der Waals surface area (Å²) in [4.78, 5) is 14.6. The second-order valence-electron chi connectivity index (χ2n) is 3.71. The van der Waals surface area contributed by atoms with E-state index in [4.69, 9.17) is 9.52 Å². The number of aromatic nitrogens is 1. The van der Waals surface area contributed by atoms with Crippen LogP contribution in [0.3, 0.4) is 0 Å². The number of oxazole rings is 1. The Morgan fingerprint density at radius 1 is 1.73 bits per heavy atom. The zero-order chi connectivity index (χ0) is 10.7. The van der Waals surface area contributed by atoms with Gasteiger partial charge >= 0.3 is 5.97 Å². The molecule has 15 heavy (non-hydrogen) atoms. The van der Waals surface area contributed by atoms with Crippen molar-refractivity contribution in [3.8, 4) is 0 Å².